The molecule has 0 heterocycles. The molecule has 0 aromatic carbocycles. The Morgan fingerprint density at radius 2 is 1.45 bits per heavy atom. The molecule has 0 aromatic rings. The number of rotatable bonds is 4. The summed E-state index contributed by atoms with van der Waals surface area (Å²) in [4.78, 5) is 0. The zero-order valence-electron chi connectivity index (χ0n) is 8.01. The predicted octanol–water partition coefficient (Wildman–Crippen LogP) is 2.37. The second-order valence-corrected chi connectivity index (χ2v) is 4.00. The van der Waals surface area contributed by atoms with Crippen LogP contribution in [0.15, 0.2) is 0 Å². The first-order valence-electron chi connectivity index (χ1n) is 3.66. The molecule has 1 unspecified atom stereocenters. The molecular weight excluding hydrogens is 177 g/mol. The van der Waals surface area contributed by atoms with E-state index >= 15 is 0 Å². The van der Waals surface area contributed by atoms with Gasteiger partial charge in [-0.2, -0.15) is 13.5 Å². The van der Waals surface area contributed by atoms with Gasteiger partial charge in [0.15, 0.2) is 0 Å². The summed E-state index contributed by atoms with van der Waals surface area (Å²) < 4.78 is 7.40. The van der Waals surface area contributed by atoms with Gasteiger partial charge in [0.05, 0.1) is 8.96 Å². The van der Waals surface area contributed by atoms with Crippen LogP contribution in [0.3, 0.4) is 0 Å². The van der Waals surface area contributed by atoms with Gasteiger partial charge in [-0.05, 0) is 27.7 Å². The first-order valence-corrected chi connectivity index (χ1v) is 4.52. The zero-order valence-corrected chi connectivity index (χ0v) is 10.0. The summed E-state index contributed by atoms with van der Waals surface area (Å²) in [5.74, 6) is 0. The molecular formula is C7H20NOPS. The minimum atomic E-state index is 0. The number of hydrogen-bond acceptors (Lipinski definition) is 2. The third-order valence-corrected chi connectivity index (χ3v) is 2.74. The van der Waals surface area contributed by atoms with Crippen LogP contribution in [0.4, 0.5) is 0 Å². The molecule has 0 fully saturated rings. The molecule has 0 aliphatic carbocycles. The molecule has 0 spiro atoms. The number of hydrogen-bond donors (Lipinski definition) is 0. The Morgan fingerprint density at radius 1 is 1.09 bits per heavy atom. The summed E-state index contributed by atoms with van der Waals surface area (Å²) >= 11 is 0. The van der Waals surface area contributed by atoms with Crippen LogP contribution in [-0.2, 0) is 4.52 Å². The van der Waals surface area contributed by atoms with E-state index in [1.807, 2.05) is 0 Å². The van der Waals surface area contributed by atoms with Gasteiger partial charge in [-0.25, -0.2) is 0 Å². The van der Waals surface area contributed by atoms with Gasteiger partial charge in [0, 0.05) is 19.2 Å². The molecule has 0 saturated carbocycles. The lowest BCUT2D eigenvalue weighted by molar-refractivity contribution is 0.292. The molecule has 0 radical (unpaired) electrons. The molecule has 0 bridgehead atoms. The summed E-state index contributed by atoms with van der Waals surface area (Å²) in [6.07, 6.45) is 0. The topological polar surface area (TPSA) is 12.5 Å². The van der Waals surface area contributed by atoms with E-state index in [0.717, 1.165) is 0 Å². The monoisotopic (exact) mass is 197 g/mol. The lowest BCUT2D eigenvalue weighted by atomic mass is 10.3. The average molecular weight is 197 g/mol. The highest BCUT2D eigenvalue weighted by Crippen LogP contribution is 2.23. The van der Waals surface area contributed by atoms with Crippen LogP contribution in [0.2, 0.25) is 0 Å². The lowest BCUT2D eigenvalue weighted by Crippen LogP contribution is -2.29. The van der Waals surface area contributed by atoms with E-state index in [9.17, 15) is 0 Å². The molecule has 1 atom stereocenters. The maximum absolute atomic E-state index is 5.08. The van der Waals surface area contributed by atoms with E-state index in [-0.39, 0.29) is 13.5 Å². The van der Waals surface area contributed by atoms with Gasteiger partial charge < -0.3 is 4.52 Å². The minimum absolute atomic E-state index is 0. The molecule has 0 N–H and O–H groups in total. The molecule has 0 aliphatic rings. The first-order chi connectivity index (χ1) is 4.59. The molecule has 0 rings (SSSR count). The Morgan fingerprint density at radius 3 is 1.55 bits per heavy atom. The van der Waals surface area contributed by atoms with Gasteiger partial charge in [0.25, 0.3) is 0 Å². The van der Waals surface area contributed by atoms with Crippen LogP contribution in [0, 0.1) is 0 Å². The van der Waals surface area contributed by atoms with Gasteiger partial charge in [-0.15, -0.1) is 0 Å². The molecule has 2 nitrogen and oxygen atoms in total. The van der Waals surface area contributed by atoms with E-state index in [0.29, 0.717) is 21.0 Å². The van der Waals surface area contributed by atoms with Gasteiger partial charge in [0.1, 0.15) is 0 Å². The Balaban J connectivity index is 0. The standard InChI is InChI=1S/C7H18NOP.H2S/c1-6(2)8(7(3)4)10-9-5;/h6-7,10H,1-5H3;1H2. The highest BCUT2D eigenvalue weighted by molar-refractivity contribution is 7.59. The van der Waals surface area contributed by atoms with Crippen molar-refractivity contribution in [3.8, 4) is 0 Å². The second kappa shape index (κ2) is 7.35. The molecule has 0 aliphatic heterocycles. The van der Waals surface area contributed by atoms with Crippen LogP contribution in [0.1, 0.15) is 27.7 Å². The maximum Gasteiger partial charge on any atom is 0.0889 e. The fraction of sp³-hybridized carbons (Fsp3) is 1.00. The Hall–Kier alpha value is 0.700. The average Bonchev–Trinajstić information content (AvgIpc) is 1.81. The van der Waals surface area contributed by atoms with E-state index in [1.54, 1.807) is 7.11 Å². The summed E-state index contributed by atoms with van der Waals surface area (Å²) in [6, 6.07) is 1.16. The van der Waals surface area contributed by atoms with E-state index < -0.39 is 0 Å². The fourth-order valence-corrected chi connectivity index (χ4v) is 1.54. The van der Waals surface area contributed by atoms with Crippen LogP contribution in [-0.4, -0.2) is 23.9 Å². The fourth-order valence-electron chi connectivity index (χ4n) is 0.913. The summed E-state index contributed by atoms with van der Waals surface area (Å²) in [6.45, 7) is 8.75. The van der Waals surface area contributed by atoms with Crippen molar-refractivity contribution < 1.29 is 4.52 Å². The molecule has 70 valence electrons. The smallest absolute Gasteiger partial charge is 0.0889 e. The first kappa shape index (κ1) is 14.2. The zero-order chi connectivity index (χ0) is 8.15. The van der Waals surface area contributed by atoms with Crippen molar-refractivity contribution in [3.05, 3.63) is 0 Å². The quantitative estimate of drug-likeness (QED) is 0.641. The highest BCUT2D eigenvalue weighted by atomic mass is 32.1. The van der Waals surface area contributed by atoms with Crippen molar-refractivity contribution in [2.45, 2.75) is 39.8 Å². The maximum atomic E-state index is 5.08. The Kier molecular flexibility index (Phi) is 9.52. The SMILES string of the molecule is COPN(C(C)C)C(C)C.S. The van der Waals surface area contributed by atoms with Crippen molar-refractivity contribution in [2.75, 3.05) is 7.11 Å². The Bertz CT molecular complexity index is 82.5. The molecule has 11 heavy (non-hydrogen) atoms. The molecule has 0 amide bonds. The molecule has 4 heteroatoms. The van der Waals surface area contributed by atoms with Crippen LogP contribution in [0.25, 0.3) is 0 Å². The number of nitrogens with zero attached hydrogens (tertiary/aromatic N) is 1. The van der Waals surface area contributed by atoms with Crippen molar-refractivity contribution >= 4 is 22.5 Å². The van der Waals surface area contributed by atoms with Crippen molar-refractivity contribution in [1.29, 1.82) is 0 Å². The van der Waals surface area contributed by atoms with Crippen molar-refractivity contribution in [1.82, 2.24) is 4.67 Å². The van der Waals surface area contributed by atoms with E-state index in [1.165, 1.54) is 0 Å². The van der Waals surface area contributed by atoms with Gasteiger partial charge in [-0.3, -0.25) is 4.67 Å². The lowest BCUT2D eigenvalue weighted by Gasteiger charge is -2.28. The predicted molar refractivity (Wildman–Crippen MR) is 57.8 cm³/mol. The second-order valence-electron chi connectivity index (χ2n) is 2.89. The summed E-state index contributed by atoms with van der Waals surface area (Å²) in [5.41, 5.74) is 0. The van der Waals surface area contributed by atoms with Crippen LogP contribution in [0.5, 0.6) is 0 Å². The third kappa shape index (κ3) is 5.92. The van der Waals surface area contributed by atoms with E-state index in [2.05, 4.69) is 32.4 Å². The third-order valence-electron chi connectivity index (χ3n) is 1.31. The largest absolute Gasteiger partial charge is 0.349 e. The van der Waals surface area contributed by atoms with E-state index in [4.69, 9.17) is 4.52 Å². The highest BCUT2D eigenvalue weighted by Gasteiger charge is 2.11. The molecule has 0 aromatic heterocycles. The minimum Gasteiger partial charge on any atom is -0.349 e. The van der Waals surface area contributed by atoms with Gasteiger partial charge in [0.2, 0.25) is 0 Å². The van der Waals surface area contributed by atoms with Gasteiger partial charge in [-0.1, -0.05) is 0 Å². The Labute approximate surface area is 79.1 Å². The van der Waals surface area contributed by atoms with Crippen LogP contribution < -0.4 is 0 Å². The normalized spacial score (nSPS) is 12.0. The van der Waals surface area contributed by atoms with Crippen molar-refractivity contribution in [3.63, 3.8) is 0 Å². The van der Waals surface area contributed by atoms with Crippen molar-refractivity contribution in [2.24, 2.45) is 0 Å². The van der Waals surface area contributed by atoms with Gasteiger partial charge >= 0.3 is 0 Å². The summed E-state index contributed by atoms with van der Waals surface area (Å²) in [7, 11) is 2.25. The molecule has 0 saturated heterocycles. The summed E-state index contributed by atoms with van der Waals surface area (Å²) in [5, 5.41) is 0. The van der Waals surface area contributed by atoms with Crippen LogP contribution >= 0.6 is 22.5 Å².